The van der Waals surface area contributed by atoms with Gasteiger partial charge in [-0.3, -0.25) is 14.2 Å². The fourth-order valence-corrected chi connectivity index (χ4v) is 5.43. The summed E-state index contributed by atoms with van der Waals surface area (Å²) in [6.07, 6.45) is 6.77. The molecule has 1 N–H and O–H groups in total. The molecule has 3 aromatic rings. The van der Waals surface area contributed by atoms with Gasteiger partial charge < -0.3 is 10.1 Å². The van der Waals surface area contributed by atoms with Gasteiger partial charge in [-0.25, -0.2) is 4.98 Å². The SMILES string of the molecule is O=C(NCC1(c2cccc(Cl)c2)CCOCC1)c1ccc2c(=O)n3c(nc2c1)CCCCCC3. The summed E-state index contributed by atoms with van der Waals surface area (Å²) >= 11 is 6.27. The number of carbonyl (C=O) groups excluding carboxylic acids is 1. The van der Waals surface area contributed by atoms with Crippen LogP contribution in [0.1, 0.15) is 60.3 Å². The van der Waals surface area contributed by atoms with E-state index >= 15 is 0 Å². The van der Waals surface area contributed by atoms with Gasteiger partial charge in [-0.05, 0) is 61.6 Å². The number of hydrogen-bond acceptors (Lipinski definition) is 4. The maximum atomic E-state index is 13.2. The molecule has 1 aromatic heterocycles. The zero-order valence-electron chi connectivity index (χ0n) is 19.3. The molecule has 2 aliphatic rings. The van der Waals surface area contributed by atoms with Gasteiger partial charge in [0.2, 0.25) is 0 Å². The molecule has 2 aromatic carbocycles. The van der Waals surface area contributed by atoms with Crippen LogP contribution in [0.15, 0.2) is 47.3 Å². The molecular formula is C27H30ClN3O3. The van der Waals surface area contributed by atoms with Crippen LogP contribution < -0.4 is 10.9 Å². The number of benzene rings is 2. The van der Waals surface area contributed by atoms with Crippen molar-refractivity contribution in [3.63, 3.8) is 0 Å². The first-order chi connectivity index (χ1) is 16.6. The standard InChI is InChI=1S/C27H30ClN3O3/c28-21-7-5-6-20(17-21)27(11-14-34-15-12-27)18-29-25(32)19-9-10-22-23(16-19)30-24-8-3-1-2-4-13-31(24)26(22)33/h5-7,9-10,16-17H,1-4,8,11-15,18H2,(H,29,32). The van der Waals surface area contributed by atoms with Gasteiger partial charge in [0.1, 0.15) is 5.82 Å². The summed E-state index contributed by atoms with van der Waals surface area (Å²) in [6.45, 7) is 2.51. The fraction of sp³-hybridized carbons (Fsp3) is 0.444. The first-order valence-corrected chi connectivity index (χ1v) is 12.6. The van der Waals surface area contributed by atoms with E-state index in [2.05, 4.69) is 11.4 Å². The molecule has 1 fully saturated rings. The number of carbonyl (C=O) groups is 1. The smallest absolute Gasteiger partial charge is 0.261 e. The van der Waals surface area contributed by atoms with E-state index in [1.807, 2.05) is 22.8 Å². The third-order valence-electron chi connectivity index (χ3n) is 7.30. The van der Waals surface area contributed by atoms with Gasteiger partial charge in [0.05, 0.1) is 10.9 Å². The van der Waals surface area contributed by atoms with E-state index < -0.39 is 0 Å². The number of halogens is 1. The minimum atomic E-state index is -0.220. The van der Waals surface area contributed by atoms with Crippen molar-refractivity contribution in [3.05, 3.63) is 74.8 Å². The second-order valence-corrected chi connectivity index (χ2v) is 9.90. The van der Waals surface area contributed by atoms with Crippen LogP contribution in [0.4, 0.5) is 0 Å². The number of fused-ring (bicyclic) bond motifs is 2. The lowest BCUT2D eigenvalue weighted by Gasteiger charge is -2.38. The molecular weight excluding hydrogens is 450 g/mol. The zero-order valence-corrected chi connectivity index (χ0v) is 20.1. The van der Waals surface area contributed by atoms with Crippen molar-refractivity contribution in [2.75, 3.05) is 19.8 Å². The third kappa shape index (κ3) is 4.62. The lowest BCUT2D eigenvalue weighted by molar-refractivity contribution is 0.0487. The first-order valence-electron chi connectivity index (χ1n) is 12.2. The van der Waals surface area contributed by atoms with Crippen LogP contribution in [0.5, 0.6) is 0 Å². The van der Waals surface area contributed by atoms with Crippen LogP contribution in [0, 0.1) is 0 Å². The van der Waals surface area contributed by atoms with Crippen LogP contribution in [0.2, 0.25) is 5.02 Å². The number of nitrogens with one attached hydrogen (secondary N) is 1. The van der Waals surface area contributed by atoms with Gasteiger partial charge in [0.15, 0.2) is 0 Å². The summed E-state index contributed by atoms with van der Waals surface area (Å²) in [7, 11) is 0. The Labute approximate surface area is 204 Å². The number of ether oxygens (including phenoxy) is 1. The van der Waals surface area contributed by atoms with E-state index in [4.69, 9.17) is 21.3 Å². The third-order valence-corrected chi connectivity index (χ3v) is 7.54. The molecule has 5 rings (SSSR count). The Kier molecular flexibility index (Phi) is 6.70. The fourth-order valence-electron chi connectivity index (χ4n) is 5.24. The molecule has 0 aliphatic carbocycles. The molecule has 3 heterocycles. The highest BCUT2D eigenvalue weighted by Crippen LogP contribution is 2.35. The predicted molar refractivity (Wildman–Crippen MR) is 134 cm³/mol. The minimum Gasteiger partial charge on any atom is -0.381 e. The lowest BCUT2D eigenvalue weighted by Crippen LogP contribution is -2.44. The predicted octanol–water partition coefficient (Wildman–Crippen LogP) is 4.64. The molecule has 2 aliphatic heterocycles. The van der Waals surface area contributed by atoms with E-state index in [-0.39, 0.29) is 16.9 Å². The average Bonchev–Trinajstić information content (AvgIpc) is 2.84. The van der Waals surface area contributed by atoms with Crippen LogP contribution in [-0.4, -0.2) is 35.2 Å². The van der Waals surface area contributed by atoms with E-state index in [0.29, 0.717) is 47.8 Å². The quantitative estimate of drug-likeness (QED) is 0.591. The molecule has 1 saturated heterocycles. The molecule has 7 heteroatoms. The summed E-state index contributed by atoms with van der Waals surface area (Å²) in [5.41, 5.74) is 2.01. The van der Waals surface area contributed by atoms with E-state index in [1.165, 1.54) is 0 Å². The monoisotopic (exact) mass is 479 g/mol. The number of amides is 1. The second-order valence-electron chi connectivity index (χ2n) is 9.47. The molecule has 0 saturated carbocycles. The molecule has 0 unspecified atom stereocenters. The van der Waals surface area contributed by atoms with Gasteiger partial charge in [-0.1, -0.05) is 36.6 Å². The number of aromatic nitrogens is 2. The van der Waals surface area contributed by atoms with E-state index in [9.17, 15) is 9.59 Å². The molecule has 1 amide bonds. The topological polar surface area (TPSA) is 73.2 Å². The van der Waals surface area contributed by atoms with Crippen LogP contribution in [-0.2, 0) is 23.1 Å². The van der Waals surface area contributed by atoms with Gasteiger partial charge in [-0.15, -0.1) is 0 Å². The number of rotatable bonds is 4. The van der Waals surface area contributed by atoms with Crippen LogP contribution >= 0.6 is 11.6 Å². The molecule has 0 bridgehead atoms. The second kappa shape index (κ2) is 9.88. The molecule has 34 heavy (non-hydrogen) atoms. The Morgan fingerprint density at radius 1 is 1.09 bits per heavy atom. The maximum Gasteiger partial charge on any atom is 0.261 e. The highest BCUT2D eigenvalue weighted by molar-refractivity contribution is 6.30. The highest BCUT2D eigenvalue weighted by Gasteiger charge is 2.35. The summed E-state index contributed by atoms with van der Waals surface area (Å²) in [5.74, 6) is 0.667. The van der Waals surface area contributed by atoms with Crippen molar-refractivity contribution in [2.24, 2.45) is 0 Å². The number of nitrogens with zero attached hydrogens (tertiary/aromatic N) is 2. The number of aryl methyl sites for hydroxylation is 1. The van der Waals surface area contributed by atoms with E-state index in [1.54, 1.807) is 18.2 Å². The van der Waals surface area contributed by atoms with Gasteiger partial charge in [0, 0.05) is 48.7 Å². The molecule has 0 spiro atoms. The summed E-state index contributed by atoms with van der Waals surface area (Å²) < 4.78 is 7.42. The Hall–Kier alpha value is -2.70. The summed E-state index contributed by atoms with van der Waals surface area (Å²) in [5, 5.41) is 4.40. The Balaban J connectivity index is 1.40. The Morgan fingerprint density at radius 2 is 1.91 bits per heavy atom. The molecule has 0 radical (unpaired) electrons. The molecule has 0 atom stereocenters. The largest absolute Gasteiger partial charge is 0.381 e. The highest BCUT2D eigenvalue weighted by atomic mass is 35.5. The summed E-state index contributed by atoms with van der Waals surface area (Å²) in [4.78, 5) is 31.0. The van der Waals surface area contributed by atoms with E-state index in [0.717, 1.165) is 56.3 Å². The van der Waals surface area contributed by atoms with Crippen molar-refractivity contribution in [2.45, 2.75) is 56.9 Å². The van der Waals surface area contributed by atoms with Crippen molar-refractivity contribution in [1.29, 1.82) is 0 Å². The van der Waals surface area contributed by atoms with Crippen LogP contribution in [0.3, 0.4) is 0 Å². The van der Waals surface area contributed by atoms with Crippen molar-refractivity contribution in [3.8, 4) is 0 Å². The minimum absolute atomic E-state index is 0.00373. The number of hydrogen-bond donors (Lipinski definition) is 1. The van der Waals surface area contributed by atoms with Crippen molar-refractivity contribution in [1.82, 2.24) is 14.9 Å². The average molecular weight is 480 g/mol. The first kappa shape index (κ1) is 23.1. The van der Waals surface area contributed by atoms with Crippen molar-refractivity contribution >= 4 is 28.4 Å². The molecule has 178 valence electrons. The van der Waals surface area contributed by atoms with Crippen molar-refractivity contribution < 1.29 is 9.53 Å². The van der Waals surface area contributed by atoms with Crippen LogP contribution in [0.25, 0.3) is 10.9 Å². The zero-order chi connectivity index (χ0) is 23.5. The Morgan fingerprint density at radius 3 is 2.74 bits per heavy atom. The Bertz CT molecular complexity index is 1260. The lowest BCUT2D eigenvalue weighted by atomic mass is 9.74. The normalized spacial score (nSPS) is 18.0. The molecule has 6 nitrogen and oxygen atoms in total. The van der Waals surface area contributed by atoms with Gasteiger partial charge in [-0.2, -0.15) is 0 Å². The summed E-state index contributed by atoms with van der Waals surface area (Å²) in [6, 6.07) is 13.1. The maximum absolute atomic E-state index is 13.2. The van der Waals surface area contributed by atoms with Gasteiger partial charge in [0.25, 0.3) is 11.5 Å². The van der Waals surface area contributed by atoms with Gasteiger partial charge >= 0.3 is 0 Å².